The Balaban J connectivity index is 0.000000197. The lowest BCUT2D eigenvalue weighted by molar-refractivity contribution is 0.288. The van der Waals surface area contributed by atoms with Gasteiger partial charge in [-0.15, -0.1) is 0 Å². The van der Waals surface area contributed by atoms with Gasteiger partial charge in [-0.2, -0.15) is 8.42 Å². The first kappa shape index (κ1) is 20.0. The van der Waals surface area contributed by atoms with Crippen LogP contribution in [0.25, 0.3) is 11.0 Å². The Hall–Kier alpha value is -2.35. The zero-order chi connectivity index (χ0) is 19.2. The molecule has 3 rings (SSSR count). The zero-order valence-corrected chi connectivity index (χ0v) is 15.5. The third-order valence-corrected chi connectivity index (χ3v) is 4.65. The lowest BCUT2D eigenvalue weighted by atomic mass is 10.1. The van der Waals surface area contributed by atoms with E-state index in [2.05, 4.69) is 0 Å². The fourth-order valence-corrected chi connectivity index (χ4v) is 2.84. The zero-order valence-electron chi connectivity index (χ0n) is 14.7. The van der Waals surface area contributed by atoms with Crippen molar-refractivity contribution in [2.24, 2.45) is 0 Å². The van der Waals surface area contributed by atoms with Crippen molar-refractivity contribution in [1.82, 2.24) is 0 Å². The molecule has 2 aromatic carbocycles. The van der Waals surface area contributed by atoms with Crippen molar-refractivity contribution >= 4 is 21.1 Å². The van der Waals surface area contributed by atoms with E-state index in [1.165, 1.54) is 12.1 Å². The van der Waals surface area contributed by atoms with E-state index in [0.29, 0.717) is 0 Å². The minimum Gasteiger partial charge on any atom is -0.497 e. The van der Waals surface area contributed by atoms with E-state index in [-0.39, 0.29) is 11.5 Å². The van der Waals surface area contributed by atoms with Gasteiger partial charge in [-0.05, 0) is 55.7 Å². The first-order chi connectivity index (χ1) is 12.3. The molecule has 0 saturated carbocycles. The van der Waals surface area contributed by atoms with Crippen molar-refractivity contribution in [1.29, 1.82) is 0 Å². The van der Waals surface area contributed by atoms with Crippen LogP contribution >= 0.6 is 0 Å². The van der Waals surface area contributed by atoms with Crippen LogP contribution in [0.4, 0.5) is 0 Å². The van der Waals surface area contributed by atoms with Crippen LogP contribution in [0.15, 0.2) is 58.0 Å². The molecule has 0 spiro atoms. The summed E-state index contributed by atoms with van der Waals surface area (Å²) < 4.78 is 40.1. The van der Waals surface area contributed by atoms with Crippen LogP contribution in [0.1, 0.15) is 17.5 Å². The number of ether oxygens (including phenoxy) is 1. The van der Waals surface area contributed by atoms with Crippen LogP contribution in [0.3, 0.4) is 0 Å². The highest BCUT2D eigenvalue weighted by atomic mass is 32.2. The minimum absolute atomic E-state index is 0.0666. The third-order valence-electron chi connectivity index (χ3n) is 3.78. The van der Waals surface area contributed by atoms with Crippen molar-refractivity contribution in [3.63, 3.8) is 0 Å². The molecule has 0 bridgehead atoms. The molecule has 0 fully saturated rings. The maximum atomic E-state index is 10.5. The highest BCUT2D eigenvalue weighted by Gasteiger charge is 2.07. The number of methoxy groups -OCH3 is 1. The summed E-state index contributed by atoms with van der Waals surface area (Å²) in [4.78, 5) is -0.0666. The Morgan fingerprint density at radius 1 is 1.12 bits per heavy atom. The Bertz CT molecular complexity index is 942. The molecule has 1 heterocycles. The monoisotopic (exact) mass is 378 g/mol. The molecule has 1 aromatic heterocycles. The fraction of sp³-hybridized carbons (Fsp3) is 0.263. The quantitative estimate of drug-likeness (QED) is 0.658. The molecule has 0 aliphatic carbocycles. The summed E-state index contributed by atoms with van der Waals surface area (Å²) in [6, 6.07) is 11.7. The second-order valence-corrected chi connectivity index (χ2v) is 7.16. The number of aliphatic hydroxyl groups is 1. The predicted octanol–water partition coefficient (Wildman–Crippen LogP) is 3.61. The summed E-state index contributed by atoms with van der Waals surface area (Å²) in [6.07, 6.45) is 3.34. The molecule has 26 heavy (non-hydrogen) atoms. The van der Waals surface area contributed by atoms with Gasteiger partial charge >= 0.3 is 0 Å². The van der Waals surface area contributed by atoms with Crippen molar-refractivity contribution in [2.75, 3.05) is 13.7 Å². The lowest BCUT2D eigenvalue weighted by Crippen LogP contribution is -1.96. The van der Waals surface area contributed by atoms with Gasteiger partial charge in [-0.3, -0.25) is 4.55 Å². The lowest BCUT2D eigenvalue weighted by Gasteiger charge is -1.99. The van der Waals surface area contributed by atoms with Crippen molar-refractivity contribution < 1.29 is 27.2 Å². The first-order valence-corrected chi connectivity index (χ1v) is 9.48. The van der Waals surface area contributed by atoms with Crippen molar-refractivity contribution in [3.8, 4) is 5.75 Å². The molecule has 2 N–H and O–H groups in total. The average Bonchev–Trinajstić information content (AvgIpc) is 3.02. The molecular weight excluding hydrogens is 356 g/mol. The van der Waals surface area contributed by atoms with Crippen LogP contribution in [0.5, 0.6) is 5.75 Å². The number of rotatable bonds is 5. The number of hydrogen-bond acceptors (Lipinski definition) is 5. The molecule has 140 valence electrons. The topological polar surface area (TPSA) is 97.0 Å². The molecular formula is C19H22O6S. The van der Waals surface area contributed by atoms with Gasteiger partial charge in [0, 0.05) is 12.0 Å². The number of aliphatic hydroxyl groups excluding tert-OH is 1. The van der Waals surface area contributed by atoms with Crippen molar-refractivity contribution in [3.05, 3.63) is 59.9 Å². The predicted molar refractivity (Wildman–Crippen MR) is 99.2 cm³/mol. The summed E-state index contributed by atoms with van der Waals surface area (Å²) in [7, 11) is -2.37. The van der Waals surface area contributed by atoms with Crippen LogP contribution in [0.2, 0.25) is 0 Å². The Morgan fingerprint density at radius 3 is 2.38 bits per heavy atom. The van der Waals surface area contributed by atoms with E-state index in [4.69, 9.17) is 18.8 Å². The molecule has 0 radical (unpaired) electrons. The second-order valence-electron chi connectivity index (χ2n) is 5.74. The van der Waals surface area contributed by atoms with E-state index in [1.54, 1.807) is 25.5 Å². The Kier molecular flexibility index (Phi) is 6.79. The molecule has 0 amide bonds. The second kappa shape index (κ2) is 8.84. The molecule has 3 aromatic rings. The van der Waals surface area contributed by atoms with E-state index in [9.17, 15) is 8.42 Å². The number of furan rings is 1. The number of fused-ring (bicyclic) bond motifs is 1. The van der Waals surface area contributed by atoms with E-state index in [1.807, 2.05) is 25.1 Å². The summed E-state index contributed by atoms with van der Waals surface area (Å²) in [5, 5.41) is 9.85. The number of hydrogen-bond donors (Lipinski definition) is 2. The van der Waals surface area contributed by atoms with Crippen LogP contribution in [-0.4, -0.2) is 31.8 Å². The maximum Gasteiger partial charge on any atom is 0.294 e. The van der Waals surface area contributed by atoms with Gasteiger partial charge in [0.05, 0.1) is 18.3 Å². The molecule has 6 nitrogen and oxygen atoms in total. The van der Waals surface area contributed by atoms with Crippen LogP contribution in [-0.2, 0) is 16.5 Å². The number of aryl methyl sites for hydroxylation is 2. The summed E-state index contributed by atoms with van der Waals surface area (Å²) in [5.74, 6) is 0.828. The standard InChI is InChI=1S/C12H14O3.C7H8O3S/c1-14-10-4-5-12-11(7-10)9(8-15-12)3-2-6-13;1-6-2-4-7(5-3-6)11(8,9)10/h4-5,7-8,13H,2-3,6H2,1H3;2-5H,1H3,(H,8,9,10). The highest BCUT2D eigenvalue weighted by molar-refractivity contribution is 7.85. The third kappa shape index (κ3) is 5.32. The average molecular weight is 378 g/mol. The van der Waals surface area contributed by atoms with E-state index >= 15 is 0 Å². The van der Waals surface area contributed by atoms with Crippen LogP contribution < -0.4 is 4.74 Å². The van der Waals surface area contributed by atoms with Gasteiger partial charge in [0.2, 0.25) is 0 Å². The molecule has 0 aliphatic rings. The van der Waals surface area contributed by atoms with Crippen LogP contribution in [0, 0.1) is 6.92 Å². The van der Waals surface area contributed by atoms with Gasteiger partial charge in [0.15, 0.2) is 0 Å². The smallest absolute Gasteiger partial charge is 0.294 e. The SMILES string of the molecule is COc1ccc2occ(CCCO)c2c1.Cc1ccc(S(=O)(=O)O)cc1. The molecule has 0 unspecified atom stereocenters. The Labute approximate surface area is 152 Å². The Morgan fingerprint density at radius 2 is 1.81 bits per heavy atom. The summed E-state index contributed by atoms with van der Waals surface area (Å²) >= 11 is 0. The molecule has 0 saturated heterocycles. The van der Waals surface area contributed by atoms with Gasteiger partial charge < -0.3 is 14.3 Å². The van der Waals surface area contributed by atoms with E-state index in [0.717, 1.165) is 40.7 Å². The minimum atomic E-state index is -4.02. The maximum absolute atomic E-state index is 10.5. The molecule has 7 heteroatoms. The fourth-order valence-electron chi connectivity index (χ4n) is 2.36. The van der Waals surface area contributed by atoms with Gasteiger partial charge in [-0.1, -0.05) is 17.7 Å². The highest BCUT2D eigenvalue weighted by Crippen LogP contribution is 2.26. The number of benzene rings is 2. The molecule has 0 aliphatic heterocycles. The van der Waals surface area contributed by atoms with Gasteiger partial charge in [-0.25, -0.2) is 0 Å². The van der Waals surface area contributed by atoms with E-state index < -0.39 is 10.1 Å². The summed E-state index contributed by atoms with van der Waals surface area (Å²) in [5.41, 5.74) is 2.94. The van der Waals surface area contributed by atoms with Crippen molar-refractivity contribution in [2.45, 2.75) is 24.7 Å². The normalized spacial score (nSPS) is 11.1. The molecule has 0 atom stereocenters. The van der Waals surface area contributed by atoms with Gasteiger partial charge in [0.25, 0.3) is 10.1 Å². The van der Waals surface area contributed by atoms with Gasteiger partial charge in [0.1, 0.15) is 11.3 Å². The first-order valence-electron chi connectivity index (χ1n) is 8.04. The largest absolute Gasteiger partial charge is 0.497 e. The summed E-state index contributed by atoms with van der Waals surface area (Å²) in [6.45, 7) is 2.05.